The molecule has 1 atom stereocenters. The first-order valence-corrected chi connectivity index (χ1v) is 9.32. The lowest BCUT2D eigenvalue weighted by Gasteiger charge is -2.23. The number of ether oxygens (including phenoxy) is 1. The molecule has 1 aromatic carbocycles. The molecule has 1 unspecified atom stereocenters. The fraction of sp³-hybridized carbons (Fsp3) is 0.368. The van der Waals surface area contributed by atoms with Gasteiger partial charge in [0.2, 0.25) is 0 Å². The van der Waals surface area contributed by atoms with Crippen LogP contribution < -0.4 is 0 Å². The summed E-state index contributed by atoms with van der Waals surface area (Å²) >= 11 is 1.41. The standard InChI is InChI=1S/C19H20N2O3S/c1-13-18(25-12-20-13)19(22)21-5-7-23-11-15(10-21)8-14-2-3-16-4-6-24-17(16)9-14/h2-4,6,9,12,15H,5,7-8,10-11H2,1H3. The van der Waals surface area contributed by atoms with Crippen molar-refractivity contribution in [3.63, 3.8) is 0 Å². The molecule has 1 fully saturated rings. The molecule has 5 nitrogen and oxygen atoms in total. The van der Waals surface area contributed by atoms with Crippen molar-refractivity contribution in [1.82, 2.24) is 9.88 Å². The van der Waals surface area contributed by atoms with Gasteiger partial charge in [-0.3, -0.25) is 4.79 Å². The van der Waals surface area contributed by atoms with Gasteiger partial charge >= 0.3 is 0 Å². The summed E-state index contributed by atoms with van der Waals surface area (Å²) in [4.78, 5) is 19.6. The van der Waals surface area contributed by atoms with Crippen molar-refractivity contribution in [1.29, 1.82) is 0 Å². The highest BCUT2D eigenvalue weighted by Gasteiger charge is 2.25. The van der Waals surface area contributed by atoms with E-state index in [9.17, 15) is 4.79 Å². The van der Waals surface area contributed by atoms with Gasteiger partial charge in [0.15, 0.2) is 0 Å². The van der Waals surface area contributed by atoms with Crippen LogP contribution in [-0.2, 0) is 11.2 Å². The van der Waals surface area contributed by atoms with Gasteiger partial charge < -0.3 is 14.1 Å². The summed E-state index contributed by atoms with van der Waals surface area (Å²) < 4.78 is 11.2. The second kappa shape index (κ2) is 6.98. The maximum absolute atomic E-state index is 12.8. The van der Waals surface area contributed by atoms with Gasteiger partial charge in [-0.25, -0.2) is 4.98 Å². The van der Waals surface area contributed by atoms with Crippen LogP contribution >= 0.6 is 11.3 Å². The Kier molecular flexibility index (Phi) is 4.55. The molecule has 0 aliphatic carbocycles. The molecule has 0 bridgehead atoms. The number of rotatable bonds is 3. The number of hydrogen-bond donors (Lipinski definition) is 0. The van der Waals surface area contributed by atoms with Crippen molar-refractivity contribution in [2.45, 2.75) is 13.3 Å². The molecule has 1 aliphatic heterocycles. The van der Waals surface area contributed by atoms with E-state index in [-0.39, 0.29) is 11.8 Å². The molecule has 1 saturated heterocycles. The van der Waals surface area contributed by atoms with E-state index in [1.807, 2.05) is 17.9 Å². The highest BCUT2D eigenvalue weighted by Crippen LogP contribution is 2.22. The molecular weight excluding hydrogens is 336 g/mol. The van der Waals surface area contributed by atoms with Crippen molar-refractivity contribution >= 4 is 28.2 Å². The van der Waals surface area contributed by atoms with E-state index in [1.54, 1.807) is 11.8 Å². The third kappa shape index (κ3) is 3.45. The van der Waals surface area contributed by atoms with Crippen LogP contribution in [0.2, 0.25) is 0 Å². The van der Waals surface area contributed by atoms with Gasteiger partial charge in [0.05, 0.1) is 30.7 Å². The smallest absolute Gasteiger partial charge is 0.265 e. The third-order valence-corrected chi connectivity index (χ3v) is 5.53. The minimum Gasteiger partial charge on any atom is -0.464 e. The molecule has 1 aliphatic rings. The van der Waals surface area contributed by atoms with E-state index in [2.05, 4.69) is 23.2 Å². The monoisotopic (exact) mass is 356 g/mol. The largest absolute Gasteiger partial charge is 0.464 e. The zero-order valence-electron chi connectivity index (χ0n) is 14.1. The number of fused-ring (bicyclic) bond motifs is 1. The summed E-state index contributed by atoms with van der Waals surface area (Å²) in [6.07, 6.45) is 2.57. The average Bonchev–Trinajstić information content (AvgIpc) is 3.18. The van der Waals surface area contributed by atoms with Crippen molar-refractivity contribution in [3.8, 4) is 0 Å². The first-order valence-electron chi connectivity index (χ1n) is 8.44. The number of aromatic nitrogens is 1. The average molecular weight is 356 g/mol. The Hall–Kier alpha value is -2.18. The van der Waals surface area contributed by atoms with Gasteiger partial charge in [-0.1, -0.05) is 12.1 Å². The predicted octanol–water partition coefficient (Wildman–Crippen LogP) is 3.53. The van der Waals surface area contributed by atoms with Crippen molar-refractivity contribution in [2.75, 3.05) is 26.3 Å². The zero-order chi connectivity index (χ0) is 17.2. The number of furan rings is 1. The molecule has 1 amide bonds. The number of benzene rings is 1. The number of carbonyl (C=O) groups excluding carboxylic acids is 1. The molecule has 130 valence electrons. The fourth-order valence-corrected chi connectivity index (χ4v) is 4.07. The van der Waals surface area contributed by atoms with Crippen LogP contribution in [0.4, 0.5) is 0 Å². The van der Waals surface area contributed by atoms with Gasteiger partial charge in [-0.15, -0.1) is 11.3 Å². The third-order valence-electron chi connectivity index (χ3n) is 4.61. The van der Waals surface area contributed by atoms with Crippen molar-refractivity contribution < 1.29 is 13.9 Å². The van der Waals surface area contributed by atoms with Crippen LogP contribution in [0.5, 0.6) is 0 Å². The Morgan fingerprint density at radius 1 is 1.40 bits per heavy atom. The quantitative estimate of drug-likeness (QED) is 0.720. The highest BCUT2D eigenvalue weighted by molar-refractivity contribution is 7.11. The van der Waals surface area contributed by atoms with Gasteiger partial charge in [-0.05, 0) is 31.0 Å². The van der Waals surface area contributed by atoms with Crippen LogP contribution in [0.25, 0.3) is 11.0 Å². The van der Waals surface area contributed by atoms with E-state index in [0.717, 1.165) is 28.0 Å². The van der Waals surface area contributed by atoms with Crippen LogP contribution in [0.3, 0.4) is 0 Å². The molecule has 25 heavy (non-hydrogen) atoms. The lowest BCUT2D eigenvalue weighted by atomic mass is 9.99. The maximum atomic E-state index is 12.8. The summed E-state index contributed by atoms with van der Waals surface area (Å²) in [7, 11) is 0. The minimum atomic E-state index is 0.0667. The van der Waals surface area contributed by atoms with E-state index in [0.29, 0.717) is 26.3 Å². The van der Waals surface area contributed by atoms with Crippen molar-refractivity contribution in [3.05, 3.63) is 52.2 Å². The first-order chi connectivity index (χ1) is 12.2. The normalized spacial score (nSPS) is 18.4. The van der Waals surface area contributed by atoms with Crippen LogP contribution in [-0.4, -0.2) is 42.1 Å². The summed E-state index contributed by atoms with van der Waals surface area (Å²) in [6, 6.07) is 8.25. The molecule has 6 heteroatoms. The van der Waals surface area contributed by atoms with Crippen LogP contribution in [0.1, 0.15) is 20.9 Å². The summed E-state index contributed by atoms with van der Waals surface area (Å²) in [5.74, 6) is 0.337. The Balaban J connectivity index is 1.49. The van der Waals surface area contributed by atoms with Gasteiger partial charge in [0.25, 0.3) is 5.91 Å². The Morgan fingerprint density at radius 3 is 3.16 bits per heavy atom. The summed E-state index contributed by atoms with van der Waals surface area (Å²) in [6.45, 7) is 4.46. The van der Waals surface area contributed by atoms with E-state index < -0.39 is 0 Å². The lowest BCUT2D eigenvalue weighted by molar-refractivity contribution is 0.0741. The molecule has 3 heterocycles. The van der Waals surface area contributed by atoms with E-state index in [1.165, 1.54) is 16.9 Å². The molecule has 0 N–H and O–H groups in total. The Morgan fingerprint density at radius 2 is 2.32 bits per heavy atom. The van der Waals surface area contributed by atoms with Gasteiger partial charge in [-0.2, -0.15) is 0 Å². The number of aryl methyl sites for hydroxylation is 1. The Labute approximate surface area is 150 Å². The molecule has 2 aromatic heterocycles. The second-order valence-electron chi connectivity index (χ2n) is 6.46. The molecule has 4 rings (SSSR count). The SMILES string of the molecule is Cc1ncsc1C(=O)N1CCOCC(Cc2ccc3ccoc3c2)C1. The van der Waals surface area contributed by atoms with Gasteiger partial charge in [0.1, 0.15) is 10.5 Å². The summed E-state index contributed by atoms with van der Waals surface area (Å²) in [5.41, 5.74) is 4.65. The maximum Gasteiger partial charge on any atom is 0.265 e. The highest BCUT2D eigenvalue weighted by atomic mass is 32.1. The molecule has 0 radical (unpaired) electrons. The predicted molar refractivity (Wildman–Crippen MR) is 97.0 cm³/mol. The topological polar surface area (TPSA) is 55.6 Å². The number of amides is 1. The Bertz CT molecular complexity index is 886. The first kappa shape index (κ1) is 16.3. The number of carbonyl (C=O) groups is 1. The van der Waals surface area contributed by atoms with E-state index in [4.69, 9.17) is 9.15 Å². The molecule has 0 saturated carbocycles. The van der Waals surface area contributed by atoms with Crippen molar-refractivity contribution in [2.24, 2.45) is 5.92 Å². The molecule has 3 aromatic rings. The number of nitrogens with zero attached hydrogens (tertiary/aromatic N) is 2. The second-order valence-corrected chi connectivity index (χ2v) is 7.31. The minimum absolute atomic E-state index is 0.0667. The lowest BCUT2D eigenvalue weighted by Crippen LogP contribution is -2.36. The van der Waals surface area contributed by atoms with Crippen LogP contribution in [0, 0.1) is 12.8 Å². The van der Waals surface area contributed by atoms with Gasteiger partial charge in [0, 0.05) is 24.4 Å². The zero-order valence-corrected chi connectivity index (χ0v) is 14.9. The van der Waals surface area contributed by atoms with Crippen LogP contribution in [0.15, 0.2) is 40.5 Å². The number of hydrogen-bond acceptors (Lipinski definition) is 5. The molecular formula is C19H20N2O3S. The number of thiazole rings is 1. The molecule has 0 spiro atoms. The summed E-state index contributed by atoms with van der Waals surface area (Å²) in [5, 5.41) is 1.11. The fourth-order valence-electron chi connectivity index (χ4n) is 3.30. The van der Waals surface area contributed by atoms with E-state index >= 15 is 0 Å².